The van der Waals surface area contributed by atoms with E-state index in [4.69, 9.17) is 5.73 Å². The molecule has 0 fully saturated rings. The third-order valence-corrected chi connectivity index (χ3v) is 4.26. The number of anilines is 1. The van der Waals surface area contributed by atoms with Gasteiger partial charge in [0.05, 0.1) is 18.4 Å². The summed E-state index contributed by atoms with van der Waals surface area (Å²) in [5.74, 6) is -0.665. The van der Waals surface area contributed by atoms with Crippen molar-refractivity contribution >= 4 is 17.5 Å². The maximum atomic E-state index is 12.2. The lowest BCUT2D eigenvalue weighted by atomic mass is 10.1. The van der Waals surface area contributed by atoms with Crippen LogP contribution in [0, 0.1) is 13.8 Å². The van der Waals surface area contributed by atoms with Crippen molar-refractivity contribution in [3.63, 3.8) is 0 Å². The fourth-order valence-electron chi connectivity index (χ4n) is 2.69. The molecule has 3 aromatic rings. The van der Waals surface area contributed by atoms with Gasteiger partial charge in [0.2, 0.25) is 11.8 Å². The lowest BCUT2D eigenvalue weighted by Crippen LogP contribution is -2.15. The molecule has 0 spiro atoms. The molecule has 0 unspecified atom stereocenters. The number of imidazole rings is 1. The van der Waals surface area contributed by atoms with Gasteiger partial charge in [0, 0.05) is 22.6 Å². The van der Waals surface area contributed by atoms with Gasteiger partial charge in [-0.2, -0.15) is 0 Å². The summed E-state index contributed by atoms with van der Waals surface area (Å²) in [6.07, 6.45) is 1.95. The summed E-state index contributed by atoms with van der Waals surface area (Å²) in [6.45, 7) is 3.98. The zero-order chi connectivity index (χ0) is 18.7. The summed E-state index contributed by atoms with van der Waals surface area (Å²) in [5, 5.41) is 2.86. The standard InChI is InChI=1S/C20H20N4O2/c1-13-14(2)24(12-22-13)18-8-6-17(7-9-18)23-19(25)11-15-4-3-5-16(10-15)20(21)26/h3-10,12H,11H2,1-2H3,(H2,21,26)(H,23,25). The number of carbonyl (C=O) groups is 2. The van der Waals surface area contributed by atoms with Crippen molar-refractivity contribution in [2.75, 3.05) is 5.32 Å². The van der Waals surface area contributed by atoms with Crippen LogP contribution in [0.15, 0.2) is 54.9 Å². The van der Waals surface area contributed by atoms with E-state index in [1.807, 2.05) is 42.7 Å². The third kappa shape index (κ3) is 3.80. The number of primary amides is 1. The SMILES string of the molecule is Cc1ncn(-c2ccc(NC(=O)Cc3cccc(C(N)=O)c3)cc2)c1C. The van der Waals surface area contributed by atoms with E-state index >= 15 is 0 Å². The van der Waals surface area contributed by atoms with Gasteiger partial charge in [-0.1, -0.05) is 12.1 Å². The molecule has 0 saturated carbocycles. The van der Waals surface area contributed by atoms with Gasteiger partial charge in [0.25, 0.3) is 0 Å². The van der Waals surface area contributed by atoms with Gasteiger partial charge in [-0.05, 0) is 55.8 Å². The Hall–Kier alpha value is -3.41. The Bertz CT molecular complexity index is 958. The first-order valence-electron chi connectivity index (χ1n) is 8.23. The monoisotopic (exact) mass is 348 g/mol. The van der Waals surface area contributed by atoms with Crippen LogP contribution in [-0.4, -0.2) is 21.4 Å². The van der Waals surface area contributed by atoms with Gasteiger partial charge in [0.15, 0.2) is 0 Å². The van der Waals surface area contributed by atoms with Gasteiger partial charge in [-0.25, -0.2) is 4.98 Å². The molecule has 1 aromatic heterocycles. The summed E-state index contributed by atoms with van der Waals surface area (Å²) in [6, 6.07) is 14.3. The highest BCUT2D eigenvalue weighted by Gasteiger charge is 2.08. The van der Waals surface area contributed by atoms with Crippen LogP contribution >= 0.6 is 0 Å². The fourth-order valence-corrected chi connectivity index (χ4v) is 2.69. The number of hydrogen-bond donors (Lipinski definition) is 2. The highest BCUT2D eigenvalue weighted by molar-refractivity contribution is 5.94. The second kappa shape index (κ2) is 7.23. The first-order valence-corrected chi connectivity index (χ1v) is 8.23. The summed E-state index contributed by atoms with van der Waals surface area (Å²) in [4.78, 5) is 27.7. The van der Waals surface area contributed by atoms with Crippen LogP contribution in [0.4, 0.5) is 5.69 Å². The summed E-state index contributed by atoms with van der Waals surface area (Å²) >= 11 is 0. The van der Waals surface area contributed by atoms with E-state index in [1.165, 1.54) is 0 Å². The number of nitrogens with two attached hydrogens (primary N) is 1. The number of benzene rings is 2. The predicted molar refractivity (Wildman–Crippen MR) is 100 cm³/mol. The molecule has 0 atom stereocenters. The summed E-state index contributed by atoms with van der Waals surface area (Å²) in [5.41, 5.74) is 10.2. The number of hydrogen-bond acceptors (Lipinski definition) is 3. The van der Waals surface area contributed by atoms with Gasteiger partial charge in [-0.15, -0.1) is 0 Å². The largest absolute Gasteiger partial charge is 0.366 e. The van der Waals surface area contributed by atoms with E-state index < -0.39 is 5.91 Å². The molecule has 0 radical (unpaired) electrons. The average molecular weight is 348 g/mol. The lowest BCUT2D eigenvalue weighted by Gasteiger charge is -2.09. The van der Waals surface area contributed by atoms with Crippen LogP contribution in [-0.2, 0) is 11.2 Å². The van der Waals surface area contributed by atoms with Crippen molar-refractivity contribution in [2.45, 2.75) is 20.3 Å². The topological polar surface area (TPSA) is 90.0 Å². The maximum absolute atomic E-state index is 12.2. The van der Waals surface area contributed by atoms with Crippen molar-refractivity contribution in [3.8, 4) is 5.69 Å². The number of amides is 2. The molecule has 1 heterocycles. The van der Waals surface area contributed by atoms with E-state index in [1.54, 1.807) is 30.6 Å². The zero-order valence-corrected chi connectivity index (χ0v) is 14.7. The van der Waals surface area contributed by atoms with Crippen LogP contribution < -0.4 is 11.1 Å². The fraction of sp³-hybridized carbons (Fsp3) is 0.150. The minimum atomic E-state index is -0.507. The van der Waals surface area contributed by atoms with E-state index in [2.05, 4.69) is 10.3 Å². The Morgan fingerprint density at radius 2 is 1.85 bits per heavy atom. The molecule has 3 rings (SSSR count). The molecule has 0 aliphatic heterocycles. The second-order valence-corrected chi connectivity index (χ2v) is 6.12. The van der Waals surface area contributed by atoms with Gasteiger partial charge in [0.1, 0.15) is 0 Å². The van der Waals surface area contributed by atoms with E-state index in [9.17, 15) is 9.59 Å². The van der Waals surface area contributed by atoms with Crippen LogP contribution in [0.3, 0.4) is 0 Å². The minimum Gasteiger partial charge on any atom is -0.366 e. The molecule has 3 N–H and O–H groups in total. The number of carbonyl (C=O) groups excluding carboxylic acids is 2. The molecule has 0 bridgehead atoms. The van der Waals surface area contributed by atoms with Crippen LogP contribution in [0.2, 0.25) is 0 Å². The molecule has 0 aliphatic carbocycles. The molecule has 2 aromatic carbocycles. The maximum Gasteiger partial charge on any atom is 0.248 e. The molecule has 0 saturated heterocycles. The van der Waals surface area contributed by atoms with Crippen molar-refractivity contribution in [2.24, 2.45) is 5.73 Å². The Balaban J connectivity index is 1.67. The number of nitrogens with zero attached hydrogens (tertiary/aromatic N) is 2. The molecule has 6 nitrogen and oxygen atoms in total. The van der Waals surface area contributed by atoms with E-state index in [0.29, 0.717) is 11.3 Å². The van der Waals surface area contributed by atoms with Gasteiger partial charge >= 0.3 is 0 Å². The van der Waals surface area contributed by atoms with E-state index in [0.717, 1.165) is 22.6 Å². The number of nitrogens with one attached hydrogen (secondary N) is 1. The third-order valence-electron chi connectivity index (χ3n) is 4.26. The van der Waals surface area contributed by atoms with Crippen molar-refractivity contribution < 1.29 is 9.59 Å². The first kappa shape index (κ1) is 17.4. The summed E-state index contributed by atoms with van der Waals surface area (Å²) in [7, 11) is 0. The minimum absolute atomic E-state index is 0.158. The van der Waals surface area contributed by atoms with Crippen LogP contribution in [0.5, 0.6) is 0 Å². The van der Waals surface area contributed by atoms with Crippen LogP contribution in [0.25, 0.3) is 5.69 Å². The highest BCUT2D eigenvalue weighted by atomic mass is 16.2. The van der Waals surface area contributed by atoms with Crippen molar-refractivity contribution in [1.29, 1.82) is 0 Å². The Morgan fingerprint density at radius 1 is 1.12 bits per heavy atom. The first-order chi connectivity index (χ1) is 12.4. The molecule has 26 heavy (non-hydrogen) atoms. The number of rotatable bonds is 5. The smallest absolute Gasteiger partial charge is 0.248 e. The quantitative estimate of drug-likeness (QED) is 0.743. The summed E-state index contributed by atoms with van der Waals surface area (Å²) < 4.78 is 2.00. The highest BCUT2D eigenvalue weighted by Crippen LogP contribution is 2.17. The molecule has 0 aliphatic rings. The molecular weight excluding hydrogens is 328 g/mol. The number of aryl methyl sites for hydroxylation is 1. The van der Waals surface area contributed by atoms with Gasteiger partial charge < -0.3 is 15.6 Å². The Morgan fingerprint density at radius 3 is 2.46 bits per heavy atom. The molecule has 2 amide bonds. The van der Waals surface area contributed by atoms with E-state index in [-0.39, 0.29) is 12.3 Å². The van der Waals surface area contributed by atoms with Gasteiger partial charge in [-0.3, -0.25) is 9.59 Å². The normalized spacial score (nSPS) is 10.5. The lowest BCUT2D eigenvalue weighted by molar-refractivity contribution is -0.115. The zero-order valence-electron chi connectivity index (χ0n) is 14.7. The van der Waals surface area contributed by atoms with Crippen molar-refractivity contribution in [1.82, 2.24) is 9.55 Å². The Kier molecular flexibility index (Phi) is 4.84. The Labute approximate surface area is 151 Å². The second-order valence-electron chi connectivity index (χ2n) is 6.12. The van der Waals surface area contributed by atoms with Crippen molar-refractivity contribution in [3.05, 3.63) is 77.4 Å². The predicted octanol–water partition coefficient (Wildman–Crippen LogP) is 2.77. The molecule has 132 valence electrons. The molecular formula is C20H20N4O2. The average Bonchev–Trinajstić information content (AvgIpc) is 2.95. The number of aromatic nitrogens is 2. The molecule has 6 heteroatoms. The van der Waals surface area contributed by atoms with Crippen LogP contribution in [0.1, 0.15) is 27.3 Å².